The molecule has 56 valence electrons. The number of nitrogens with zero attached hydrogens (tertiary/aromatic N) is 1. The summed E-state index contributed by atoms with van der Waals surface area (Å²) in [6, 6.07) is 0. The number of hydrogen-bond acceptors (Lipinski definition) is 4. The molecule has 0 saturated carbocycles. The Balaban J connectivity index is 4.20. The van der Waals surface area contributed by atoms with Crippen LogP contribution in [0.15, 0.2) is 4.99 Å². The molecule has 0 aliphatic rings. The van der Waals surface area contributed by atoms with Gasteiger partial charge in [0.25, 0.3) is 5.91 Å². The first kappa shape index (κ1) is 9.42. The number of sulfone groups is 1. The van der Waals surface area contributed by atoms with Crippen molar-refractivity contribution in [1.29, 1.82) is 0 Å². The molecule has 0 aromatic rings. The summed E-state index contributed by atoms with van der Waals surface area (Å²) in [6.45, 7) is 0. The molecule has 0 aliphatic carbocycles. The SMILES string of the molecule is CS(=O)(=O)CC(=O)N=C=S. The van der Waals surface area contributed by atoms with Crippen LogP contribution in [-0.4, -0.2) is 31.5 Å². The van der Waals surface area contributed by atoms with Crippen molar-refractivity contribution in [3.63, 3.8) is 0 Å². The molecule has 0 bridgehead atoms. The largest absolute Gasteiger partial charge is 0.271 e. The van der Waals surface area contributed by atoms with Crippen LogP contribution in [0.1, 0.15) is 0 Å². The van der Waals surface area contributed by atoms with E-state index in [1.54, 1.807) is 5.16 Å². The topological polar surface area (TPSA) is 63.6 Å². The molecular formula is C4H5NO3S2. The second kappa shape index (κ2) is 3.55. The molecule has 0 atom stereocenters. The van der Waals surface area contributed by atoms with Crippen molar-refractivity contribution < 1.29 is 13.2 Å². The summed E-state index contributed by atoms with van der Waals surface area (Å²) in [6.07, 6.45) is 0.948. The summed E-state index contributed by atoms with van der Waals surface area (Å²) in [4.78, 5) is 13.3. The van der Waals surface area contributed by atoms with E-state index in [0.717, 1.165) is 6.26 Å². The van der Waals surface area contributed by atoms with Crippen molar-refractivity contribution in [3.8, 4) is 0 Å². The predicted molar refractivity (Wildman–Crippen MR) is 39.7 cm³/mol. The maximum absolute atomic E-state index is 10.4. The molecule has 0 rings (SSSR count). The van der Waals surface area contributed by atoms with Gasteiger partial charge in [0.05, 0.1) is 5.16 Å². The molecule has 0 saturated heterocycles. The monoisotopic (exact) mass is 179 g/mol. The van der Waals surface area contributed by atoms with Gasteiger partial charge in [0, 0.05) is 6.26 Å². The molecule has 0 heterocycles. The van der Waals surface area contributed by atoms with E-state index in [-0.39, 0.29) is 0 Å². The molecular weight excluding hydrogens is 174 g/mol. The number of rotatable bonds is 2. The van der Waals surface area contributed by atoms with E-state index < -0.39 is 21.5 Å². The Morgan fingerprint density at radius 1 is 1.70 bits per heavy atom. The zero-order chi connectivity index (χ0) is 8.20. The summed E-state index contributed by atoms with van der Waals surface area (Å²) in [5, 5.41) is 1.78. The van der Waals surface area contributed by atoms with Crippen LogP contribution in [0, 0.1) is 0 Å². The lowest BCUT2D eigenvalue weighted by Crippen LogP contribution is -2.11. The predicted octanol–water partition coefficient (Wildman–Crippen LogP) is -0.340. The van der Waals surface area contributed by atoms with Crippen LogP contribution < -0.4 is 0 Å². The average Bonchev–Trinajstić information content (AvgIpc) is 1.59. The van der Waals surface area contributed by atoms with Crippen molar-refractivity contribution in [3.05, 3.63) is 0 Å². The maximum Gasteiger partial charge on any atom is 0.269 e. The Hall–Kier alpha value is -0.580. The molecule has 4 nitrogen and oxygen atoms in total. The number of amides is 1. The number of carbonyl (C=O) groups is 1. The molecule has 0 N–H and O–H groups in total. The van der Waals surface area contributed by atoms with Gasteiger partial charge >= 0.3 is 0 Å². The normalized spacial score (nSPS) is 10.1. The van der Waals surface area contributed by atoms with Gasteiger partial charge in [-0.1, -0.05) is 0 Å². The van der Waals surface area contributed by atoms with Crippen molar-refractivity contribution in [2.45, 2.75) is 0 Å². The first-order chi connectivity index (χ1) is 4.45. The van der Waals surface area contributed by atoms with Gasteiger partial charge < -0.3 is 0 Å². The molecule has 0 aromatic heterocycles. The lowest BCUT2D eigenvalue weighted by molar-refractivity contribution is -0.115. The Kier molecular flexibility index (Phi) is 3.35. The summed E-state index contributed by atoms with van der Waals surface area (Å²) < 4.78 is 20.7. The molecule has 0 aliphatic heterocycles. The standard InChI is InChI=1S/C4H5NO3S2/c1-10(7,8)2-4(6)5-3-9/h2H2,1H3. The van der Waals surface area contributed by atoms with E-state index >= 15 is 0 Å². The summed E-state index contributed by atoms with van der Waals surface area (Å²) >= 11 is 4.09. The fourth-order valence-electron chi connectivity index (χ4n) is 0.307. The van der Waals surface area contributed by atoms with Crippen molar-refractivity contribution in [2.75, 3.05) is 12.0 Å². The lowest BCUT2D eigenvalue weighted by Gasteiger charge is -1.87. The minimum atomic E-state index is -3.28. The Bertz CT molecular complexity index is 273. The quantitative estimate of drug-likeness (QED) is 0.430. The van der Waals surface area contributed by atoms with E-state index in [9.17, 15) is 13.2 Å². The Morgan fingerprint density at radius 2 is 2.20 bits per heavy atom. The van der Waals surface area contributed by atoms with Crippen molar-refractivity contribution in [1.82, 2.24) is 0 Å². The first-order valence-electron chi connectivity index (χ1n) is 2.24. The zero-order valence-electron chi connectivity index (χ0n) is 5.20. The number of carbonyl (C=O) groups excluding carboxylic acids is 1. The molecule has 0 unspecified atom stereocenters. The highest BCUT2D eigenvalue weighted by molar-refractivity contribution is 7.91. The Morgan fingerprint density at radius 3 is 2.50 bits per heavy atom. The fraction of sp³-hybridized carbons (Fsp3) is 0.500. The van der Waals surface area contributed by atoms with Crippen LogP contribution in [0.3, 0.4) is 0 Å². The smallest absolute Gasteiger partial charge is 0.269 e. The lowest BCUT2D eigenvalue weighted by atomic mass is 10.7. The van der Waals surface area contributed by atoms with Crippen molar-refractivity contribution in [2.24, 2.45) is 4.99 Å². The van der Waals surface area contributed by atoms with Gasteiger partial charge in [0.2, 0.25) is 0 Å². The third kappa shape index (κ3) is 5.55. The summed E-state index contributed by atoms with van der Waals surface area (Å²) in [5.41, 5.74) is 0. The molecule has 10 heavy (non-hydrogen) atoms. The molecule has 0 fully saturated rings. The van der Waals surface area contributed by atoms with E-state index in [2.05, 4.69) is 17.2 Å². The molecule has 1 amide bonds. The molecule has 0 aromatic carbocycles. The molecule has 6 heteroatoms. The zero-order valence-corrected chi connectivity index (χ0v) is 6.83. The van der Waals surface area contributed by atoms with Gasteiger partial charge in [-0.2, -0.15) is 4.99 Å². The van der Waals surface area contributed by atoms with Crippen LogP contribution in [0.25, 0.3) is 0 Å². The number of hydrogen-bond donors (Lipinski definition) is 0. The van der Waals surface area contributed by atoms with E-state index in [1.165, 1.54) is 0 Å². The van der Waals surface area contributed by atoms with Gasteiger partial charge in [-0.3, -0.25) is 4.79 Å². The fourth-order valence-corrected chi connectivity index (χ4v) is 0.922. The maximum atomic E-state index is 10.4. The highest BCUT2D eigenvalue weighted by Gasteiger charge is 2.08. The number of thiocarbonyl (C=S) groups is 1. The average molecular weight is 179 g/mol. The van der Waals surface area contributed by atoms with Gasteiger partial charge in [-0.25, -0.2) is 8.42 Å². The van der Waals surface area contributed by atoms with Gasteiger partial charge in [-0.15, -0.1) is 0 Å². The van der Waals surface area contributed by atoms with E-state index in [4.69, 9.17) is 0 Å². The van der Waals surface area contributed by atoms with Gasteiger partial charge in [-0.05, 0) is 12.2 Å². The highest BCUT2D eigenvalue weighted by atomic mass is 32.2. The minimum absolute atomic E-state index is 0.601. The van der Waals surface area contributed by atoms with Crippen molar-refractivity contribution >= 4 is 33.1 Å². The second-order valence-electron chi connectivity index (χ2n) is 1.67. The second-order valence-corrected chi connectivity index (χ2v) is 3.99. The minimum Gasteiger partial charge on any atom is -0.271 e. The van der Waals surface area contributed by atoms with E-state index in [1.807, 2.05) is 0 Å². The van der Waals surface area contributed by atoms with Crippen LogP contribution in [0.5, 0.6) is 0 Å². The first-order valence-corrected chi connectivity index (χ1v) is 4.71. The highest BCUT2D eigenvalue weighted by Crippen LogP contribution is 1.83. The van der Waals surface area contributed by atoms with Gasteiger partial charge in [0.1, 0.15) is 5.75 Å². The molecule has 0 radical (unpaired) electrons. The van der Waals surface area contributed by atoms with Crippen LogP contribution in [0.4, 0.5) is 0 Å². The van der Waals surface area contributed by atoms with E-state index in [0.29, 0.717) is 0 Å². The summed E-state index contributed by atoms with van der Waals surface area (Å²) in [7, 11) is -3.28. The van der Waals surface area contributed by atoms with Crippen LogP contribution in [0.2, 0.25) is 0 Å². The third-order valence-electron chi connectivity index (χ3n) is 0.556. The molecule has 0 spiro atoms. The number of aliphatic imine (C=N–C) groups is 1. The third-order valence-corrected chi connectivity index (χ3v) is 1.42. The summed E-state index contributed by atoms with van der Waals surface area (Å²) in [5.74, 6) is -1.38. The number of isothiocyanates is 1. The Labute approximate surface area is 63.9 Å². The van der Waals surface area contributed by atoms with Crippen LogP contribution >= 0.6 is 12.2 Å². The van der Waals surface area contributed by atoms with Gasteiger partial charge in [0.15, 0.2) is 9.84 Å². The van der Waals surface area contributed by atoms with Crippen LogP contribution in [-0.2, 0) is 14.6 Å².